The lowest BCUT2D eigenvalue weighted by atomic mass is 10.1. The highest BCUT2D eigenvalue weighted by Crippen LogP contribution is 2.28. The highest BCUT2D eigenvalue weighted by molar-refractivity contribution is 9.10. The number of fused-ring (bicyclic) bond motifs is 3. The number of nitriles is 1. The molecule has 31 heavy (non-hydrogen) atoms. The molecule has 4 aromatic rings. The summed E-state index contributed by atoms with van der Waals surface area (Å²) in [4.78, 5) is 16.2. The standard InChI is InChI=1S/C23H21BrN6O/c24-18-9-10-20-19(13-18)22(31)30(23-27-26-15-29(20)23)21(28-11-3-1-2-4-12-28)17-7-5-16(14-25)6-8-17/h5-10,13,15,21H,1-4,11-12H2. The predicted octanol–water partition coefficient (Wildman–Crippen LogP) is 4.10. The first-order valence-corrected chi connectivity index (χ1v) is 11.2. The van der Waals surface area contributed by atoms with Crippen molar-refractivity contribution in [2.45, 2.75) is 31.8 Å². The molecule has 0 N–H and O–H groups in total. The van der Waals surface area contributed by atoms with Gasteiger partial charge in [-0.05, 0) is 48.7 Å². The first-order chi connectivity index (χ1) is 15.2. The van der Waals surface area contributed by atoms with Gasteiger partial charge in [0.1, 0.15) is 12.5 Å². The maximum Gasteiger partial charge on any atom is 0.264 e. The summed E-state index contributed by atoms with van der Waals surface area (Å²) in [6.07, 6.45) is 5.88. The Kier molecular flexibility index (Phi) is 5.30. The van der Waals surface area contributed by atoms with Crippen LogP contribution in [0.25, 0.3) is 16.7 Å². The number of hydrogen-bond acceptors (Lipinski definition) is 5. The Morgan fingerprint density at radius 2 is 1.77 bits per heavy atom. The summed E-state index contributed by atoms with van der Waals surface area (Å²) in [5, 5.41) is 18.3. The Bertz CT molecular complexity index is 1340. The smallest absolute Gasteiger partial charge is 0.264 e. The molecule has 156 valence electrons. The molecule has 0 aliphatic carbocycles. The minimum Gasteiger partial charge on any atom is -0.279 e. The Balaban J connectivity index is 1.80. The first kappa shape index (κ1) is 19.9. The van der Waals surface area contributed by atoms with Crippen molar-refractivity contribution in [3.05, 3.63) is 74.7 Å². The van der Waals surface area contributed by atoms with E-state index < -0.39 is 0 Å². The van der Waals surface area contributed by atoms with E-state index in [4.69, 9.17) is 0 Å². The number of nitrogens with zero attached hydrogens (tertiary/aromatic N) is 6. The van der Waals surface area contributed by atoms with Gasteiger partial charge in [-0.2, -0.15) is 5.26 Å². The van der Waals surface area contributed by atoms with Gasteiger partial charge in [0, 0.05) is 17.6 Å². The van der Waals surface area contributed by atoms with Gasteiger partial charge < -0.3 is 0 Å². The monoisotopic (exact) mass is 476 g/mol. The molecule has 1 saturated heterocycles. The van der Waals surface area contributed by atoms with Gasteiger partial charge in [-0.3, -0.25) is 18.7 Å². The van der Waals surface area contributed by atoms with Gasteiger partial charge in [0.25, 0.3) is 5.56 Å². The summed E-state index contributed by atoms with van der Waals surface area (Å²) in [7, 11) is 0. The van der Waals surface area contributed by atoms with E-state index in [1.54, 1.807) is 10.9 Å². The molecule has 0 radical (unpaired) electrons. The third-order valence-electron chi connectivity index (χ3n) is 5.98. The molecular weight excluding hydrogens is 456 g/mol. The highest BCUT2D eigenvalue weighted by atomic mass is 79.9. The maximum atomic E-state index is 13.8. The van der Waals surface area contributed by atoms with Crippen LogP contribution in [0.3, 0.4) is 0 Å². The van der Waals surface area contributed by atoms with Crippen molar-refractivity contribution in [1.82, 2.24) is 24.1 Å². The molecule has 3 heterocycles. The van der Waals surface area contributed by atoms with Crippen molar-refractivity contribution in [2.75, 3.05) is 13.1 Å². The van der Waals surface area contributed by atoms with E-state index in [-0.39, 0.29) is 11.7 Å². The van der Waals surface area contributed by atoms with Crippen molar-refractivity contribution < 1.29 is 0 Å². The molecule has 1 aliphatic heterocycles. The molecule has 1 atom stereocenters. The minimum atomic E-state index is -0.326. The van der Waals surface area contributed by atoms with E-state index in [0.29, 0.717) is 16.7 Å². The summed E-state index contributed by atoms with van der Waals surface area (Å²) < 4.78 is 4.48. The van der Waals surface area contributed by atoms with E-state index in [1.807, 2.05) is 46.9 Å². The predicted molar refractivity (Wildman–Crippen MR) is 122 cm³/mol. The molecule has 7 nitrogen and oxygen atoms in total. The van der Waals surface area contributed by atoms with Gasteiger partial charge in [-0.25, -0.2) is 0 Å². The van der Waals surface area contributed by atoms with Crippen molar-refractivity contribution in [3.63, 3.8) is 0 Å². The average molecular weight is 477 g/mol. The molecule has 1 aliphatic rings. The first-order valence-electron chi connectivity index (χ1n) is 10.4. The van der Waals surface area contributed by atoms with E-state index in [2.05, 4.69) is 37.1 Å². The summed E-state index contributed by atoms with van der Waals surface area (Å²) in [5.41, 5.74) is 2.23. The molecule has 0 saturated carbocycles. The largest absolute Gasteiger partial charge is 0.279 e. The van der Waals surface area contributed by atoms with E-state index in [9.17, 15) is 10.1 Å². The van der Waals surface area contributed by atoms with Crippen LogP contribution in [0, 0.1) is 11.3 Å². The topological polar surface area (TPSA) is 79.2 Å². The van der Waals surface area contributed by atoms with Crippen molar-refractivity contribution in [1.29, 1.82) is 5.26 Å². The maximum absolute atomic E-state index is 13.8. The van der Waals surface area contributed by atoms with Crippen LogP contribution in [0.5, 0.6) is 0 Å². The van der Waals surface area contributed by atoms with Gasteiger partial charge in [0.05, 0.1) is 22.5 Å². The number of hydrogen-bond donors (Lipinski definition) is 0. The van der Waals surface area contributed by atoms with Crippen LogP contribution in [0.15, 0.2) is 58.1 Å². The molecule has 0 amide bonds. The van der Waals surface area contributed by atoms with E-state index >= 15 is 0 Å². The van der Waals surface area contributed by atoms with Gasteiger partial charge in [0.2, 0.25) is 5.78 Å². The second-order valence-corrected chi connectivity index (χ2v) is 8.81. The Labute approximate surface area is 187 Å². The normalized spacial score (nSPS) is 16.3. The third kappa shape index (κ3) is 3.54. The Morgan fingerprint density at radius 3 is 2.48 bits per heavy atom. The molecule has 2 aromatic carbocycles. The molecular formula is C23H21BrN6O. The average Bonchev–Trinajstić information content (AvgIpc) is 3.12. The van der Waals surface area contributed by atoms with Crippen LogP contribution in [0.4, 0.5) is 0 Å². The number of benzene rings is 2. The molecule has 1 unspecified atom stereocenters. The fourth-order valence-corrected chi connectivity index (χ4v) is 4.85. The second-order valence-electron chi connectivity index (χ2n) is 7.90. The lowest BCUT2D eigenvalue weighted by Gasteiger charge is -2.32. The molecule has 0 bridgehead atoms. The molecule has 2 aromatic heterocycles. The van der Waals surface area contributed by atoms with Crippen molar-refractivity contribution in [2.24, 2.45) is 0 Å². The zero-order valence-corrected chi connectivity index (χ0v) is 18.5. The quantitative estimate of drug-likeness (QED) is 0.444. The van der Waals surface area contributed by atoms with E-state index in [0.717, 1.165) is 41.5 Å². The second kappa shape index (κ2) is 8.25. The van der Waals surface area contributed by atoms with Crippen LogP contribution < -0.4 is 5.56 Å². The van der Waals surface area contributed by atoms with Gasteiger partial charge in [0.15, 0.2) is 0 Å². The van der Waals surface area contributed by atoms with Gasteiger partial charge >= 0.3 is 0 Å². The molecule has 5 rings (SSSR count). The summed E-state index contributed by atoms with van der Waals surface area (Å²) in [5.74, 6) is 0.512. The minimum absolute atomic E-state index is 0.101. The molecule has 8 heteroatoms. The SMILES string of the molecule is N#Cc1ccc(C(N2CCCCCC2)n2c(=O)c3cc(Br)ccc3n3cnnc23)cc1. The summed E-state index contributed by atoms with van der Waals surface area (Å²) in [6.45, 7) is 1.79. The number of likely N-dealkylation sites (tertiary alicyclic amines) is 1. The summed E-state index contributed by atoms with van der Waals surface area (Å²) in [6, 6.07) is 15.4. The Hall–Kier alpha value is -3.02. The fraction of sp³-hybridized carbons (Fsp3) is 0.304. The molecule has 1 fully saturated rings. The number of halogens is 1. The molecule has 0 spiro atoms. The Morgan fingerprint density at radius 1 is 1.03 bits per heavy atom. The lowest BCUT2D eigenvalue weighted by Crippen LogP contribution is -2.40. The van der Waals surface area contributed by atoms with Crippen molar-refractivity contribution in [3.8, 4) is 6.07 Å². The van der Waals surface area contributed by atoms with Crippen LogP contribution >= 0.6 is 15.9 Å². The van der Waals surface area contributed by atoms with Crippen molar-refractivity contribution >= 4 is 32.6 Å². The third-order valence-corrected chi connectivity index (χ3v) is 6.47. The zero-order valence-electron chi connectivity index (χ0n) is 16.9. The van der Waals surface area contributed by atoms with Gasteiger partial charge in [-0.15, -0.1) is 10.2 Å². The lowest BCUT2D eigenvalue weighted by molar-refractivity contribution is 0.177. The van der Waals surface area contributed by atoms with Gasteiger partial charge in [-0.1, -0.05) is 40.9 Å². The highest BCUT2D eigenvalue weighted by Gasteiger charge is 2.28. The van der Waals surface area contributed by atoms with Crippen LogP contribution in [-0.2, 0) is 0 Å². The number of rotatable bonds is 3. The number of aromatic nitrogens is 4. The van der Waals surface area contributed by atoms with Crippen LogP contribution in [0.2, 0.25) is 0 Å². The fourth-order valence-electron chi connectivity index (χ4n) is 4.49. The van der Waals surface area contributed by atoms with Crippen LogP contribution in [0.1, 0.15) is 43.0 Å². The van der Waals surface area contributed by atoms with Crippen LogP contribution in [-0.4, -0.2) is 37.2 Å². The zero-order chi connectivity index (χ0) is 21.4. The van der Waals surface area contributed by atoms with E-state index in [1.165, 1.54) is 12.8 Å². The summed E-state index contributed by atoms with van der Waals surface area (Å²) >= 11 is 3.50.